The summed E-state index contributed by atoms with van der Waals surface area (Å²) in [5.74, 6) is 0.0205. The van der Waals surface area contributed by atoms with Gasteiger partial charge in [0.05, 0.1) is 11.4 Å². The zero-order valence-electron chi connectivity index (χ0n) is 13.0. The van der Waals surface area contributed by atoms with Crippen molar-refractivity contribution in [2.75, 3.05) is 11.4 Å². The SMILES string of the molecule is Cc1ccc(/C=C/C(=O)N2CCCc3ncccc32)cc1C. The fourth-order valence-electron chi connectivity index (χ4n) is 2.75. The fraction of sp³-hybridized carbons (Fsp3) is 0.263. The summed E-state index contributed by atoms with van der Waals surface area (Å²) >= 11 is 0. The second kappa shape index (κ2) is 6.14. The van der Waals surface area contributed by atoms with Crippen LogP contribution in [0, 0.1) is 13.8 Å². The Kier molecular flexibility index (Phi) is 4.05. The van der Waals surface area contributed by atoms with Crippen molar-refractivity contribution < 1.29 is 4.79 Å². The molecule has 2 heterocycles. The van der Waals surface area contributed by atoms with Crippen molar-refractivity contribution >= 4 is 17.7 Å². The molecule has 0 N–H and O–H groups in total. The molecule has 0 bridgehead atoms. The number of aromatic nitrogens is 1. The van der Waals surface area contributed by atoms with E-state index in [0.29, 0.717) is 0 Å². The maximum absolute atomic E-state index is 12.5. The third-order valence-electron chi connectivity index (χ3n) is 4.17. The molecule has 112 valence electrons. The predicted molar refractivity (Wildman–Crippen MR) is 89.9 cm³/mol. The molecule has 0 radical (unpaired) electrons. The molecule has 0 saturated heterocycles. The lowest BCUT2D eigenvalue weighted by molar-refractivity contribution is -0.114. The highest BCUT2D eigenvalue weighted by Gasteiger charge is 2.21. The molecule has 2 aromatic rings. The number of anilines is 1. The first-order valence-electron chi connectivity index (χ1n) is 7.66. The summed E-state index contributed by atoms with van der Waals surface area (Å²) in [5, 5.41) is 0. The minimum absolute atomic E-state index is 0.0205. The van der Waals surface area contributed by atoms with E-state index < -0.39 is 0 Å². The Morgan fingerprint density at radius 3 is 2.91 bits per heavy atom. The van der Waals surface area contributed by atoms with E-state index in [1.807, 2.05) is 29.2 Å². The Bertz CT molecular complexity index is 734. The third kappa shape index (κ3) is 2.93. The fourth-order valence-corrected chi connectivity index (χ4v) is 2.75. The van der Waals surface area contributed by atoms with Crippen LogP contribution in [-0.4, -0.2) is 17.4 Å². The smallest absolute Gasteiger partial charge is 0.251 e. The number of rotatable bonds is 2. The van der Waals surface area contributed by atoms with E-state index in [-0.39, 0.29) is 5.91 Å². The van der Waals surface area contributed by atoms with Crippen molar-refractivity contribution in [1.29, 1.82) is 0 Å². The van der Waals surface area contributed by atoms with Crippen LogP contribution in [0.1, 0.15) is 28.8 Å². The number of nitrogens with zero attached hydrogens (tertiary/aromatic N) is 2. The van der Waals surface area contributed by atoms with Crippen molar-refractivity contribution in [2.24, 2.45) is 0 Å². The Hall–Kier alpha value is -2.42. The van der Waals surface area contributed by atoms with E-state index >= 15 is 0 Å². The second-order valence-corrected chi connectivity index (χ2v) is 5.74. The number of carbonyl (C=O) groups excluding carboxylic acids is 1. The lowest BCUT2D eigenvalue weighted by atomic mass is 10.1. The average Bonchev–Trinajstić information content (AvgIpc) is 2.55. The number of benzene rings is 1. The molecule has 1 aromatic heterocycles. The summed E-state index contributed by atoms with van der Waals surface area (Å²) in [5.41, 5.74) is 5.52. The highest BCUT2D eigenvalue weighted by Crippen LogP contribution is 2.25. The standard InChI is InChI=1S/C19H20N2O/c1-14-7-8-16(13-15(14)2)9-10-19(22)21-12-4-5-17-18(21)6-3-11-20-17/h3,6-11,13H,4-5,12H2,1-2H3/b10-9+. The highest BCUT2D eigenvalue weighted by molar-refractivity contribution is 6.04. The van der Waals surface area contributed by atoms with E-state index in [4.69, 9.17) is 0 Å². The van der Waals surface area contributed by atoms with Crippen LogP contribution in [0.4, 0.5) is 5.69 Å². The largest absolute Gasteiger partial charge is 0.307 e. The minimum Gasteiger partial charge on any atom is -0.307 e. The quantitative estimate of drug-likeness (QED) is 0.791. The van der Waals surface area contributed by atoms with Gasteiger partial charge in [0.2, 0.25) is 0 Å². The topological polar surface area (TPSA) is 33.2 Å². The zero-order valence-corrected chi connectivity index (χ0v) is 13.0. The van der Waals surface area contributed by atoms with Crippen LogP contribution < -0.4 is 4.90 Å². The molecule has 0 fully saturated rings. The van der Waals surface area contributed by atoms with Crippen LogP contribution in [0.15, 0.2) is 42.6 Å². The van der Waals surface area contributed by atoms with E-state index in [9.17, 15) is 4.79 Å². The average molecular weight is 292 g/mol. The van der Waals surface area contributed by atoms with Crippen LogP contribution in [-0.2, 0) is 11.2 Å². The number of aryl methyl sites for hydroxylation is 3. The lowest BCUT2D eigenvalue weighted by Gasteiger charge is -2.27. The van der Waals surface area contributed by atoms with E-state index in [2.05, 4.69) is 31.0 Å². The van der Waals surface area contributed by atoms with Gasteiger partial charge in [-0.05, 0) is 61.6 Å². The Balaban J connectivity index is 1.80. The molecule has 1 amide bonds. The molecule has 1 aromatic carbocycles. The van der Waals surface area contributed by atoms with Gasteiger partial charge in [-0.15, -0.1) is 0 Å². The molecule has 3 rings (SSSR count). The van der Waals surface area contributed by atoms with Gasteiger partial charge in [-0.2, -0.15) is 0 Å². The molecule has 0 unspecified atom stereocenters. The van der Waals surface area contributed by atoms with Gasteiger partial charge in [0.1, 0.15) is 0 Å². The zero-order chi connectivity index (χ0) is 15.5. The van der Waals surface area contributed by atoms with Gasteiger partial charge < -0.3 is 4.90 Å². The maximum Gasteiger partial charge on any atom is 0.251 e. The molecular formula is C19H20N2O. The molecule has 3 nitrogen and oxygen atoms in total. The molecule has 1 aliphatic rings. The first-order valence-corrected chi connectivity index (χ1v) is 7.66. The molecule has 0 atom stereocenters. The molecule has 1 aliphatic heterocycles. The molecule has 0 spiro atoms. The second-order valence-electron chi connectivity index (χ2n) is 5.74. The van der Waals surface area contributed by atoms with Crippen LogP contribution in [0.3, 0.4) is 0 Å². The van der Waals surface area contributed by atoms with Crippen molar-refractivity contribution in [3.63, 3.8) is 0 Å². The number of amides is 1. The van der Waals surface area contributed by atoms with Crippen molar-refractivity contribution in [1.82, 2.24) is 4.98 Å². The Morgan fingerprint density at radius 2 is 2.09 bits per heavy atom. The number of hydrogen-bond donors (Lipinski definition) is 0. The van der Waals surface area contributed by atoms with Crippen LogP contribution in [0.2, 0.25) is 0 Å². The van der Waals surface area contributed by atoms with Crippen molar-refractivity contribution in [3.8, 4) is 0 Å². The lowest BCUT2D eigenvalue weighted by Crippen LogP contribution is -2.34. The third-order valence-corrected chi connectivity index (χ3v) is 4.17. The Labute approximate surface area is 131 Å². The summed E-state index contributed by atoms with van der Waals surface area (Å²) in [6.45, 7) is 4.93. The predicted octanol–water partition coefficient (Wildman–Crippen LogP) is 3.69. The minimum atomic E-state index is 0.0205. The Morgan fingerprint density at radius 1 is 1.23 bits per heavy atom. The van der Waals surface area contributed by atoms with Crippen molar-refractivity contribution in [2.45, 2.75) is 26.7 Å². The van der Waals surface area contributed by atoms with E-state index in [1.54, 1.807) is 12.3 Å². The summed E-state index contributed by atoms with van der Waals surface area (Å²) < 4.78 is 0. The van der Waals surface area contributed by atoms with Gasteiger partial charge in [-0.3, -0.25) is 9.78 Å². The number of fused-ring (bicyclic) bond motifs is 1. The summed E-state index contributed by atoms with van der Waals surface area (Å²) in [6.07, 6.45) is 7.25. The van der Waals surface area contributed by atoms with Gasteiger partial charge in [0, 0.05) is 18.8 Å². The number of carbonyl (C=O) groups is 1. The van der Waals surface area contributed by atoms with Gasteiger partial charge in [-0.25, -0.2) is 0 Å². The molecule has 0 aliphatic carbocycles. The first kappa shape index (κ1) is 14.5. The summed E-state index contributed by atoms with van der Waals surface area (Å²) in [4.78, 5) is 18.7. The van der Waals surface area contributed by atoms with Crippen LogP contribution in [0.5, 0.6) is 0 Å². The summed E-state index contributed by atoms with van der Waals surface area (Å²) in [6, 6.07) is 10.1. The molecular weight excluding hydrogens is 272 g/mol. The van der Waals surface area contributed by atoms with Crippen molar-refractivity contribution in [3.05, 3.63) is 65.0 Å². The highest BCUT2D eigenvalue weighted by atomic mass is 16.2. The van der Waals surface area contributed by atoms with E-state index in [0.717, 1.165) is 36.3 Å². The maximum atomic E-state index is 12.5. The summed E-state index contributed by atoms with van der Waals surface area (Å²) in [7, 11) is 0. The van der Waals surface area contributed by atoms with Gasteiger partial charge in [-0.1, -0.05) is 18.2 Å². The van der Waals surface area contributed by atoms with Crippen LogP contribution in [0.25, 0.3) is 6.08 Å². The van der Waals surface area contributed by atoms with Gasteiger partial charge in [0.25, 0.3) is 5.91 Å². The number of pyridine rings is 1. The van der Waals surface area contributed by atoms with E-state index in [1.165, 1.54) is 11.1 Å². The van der Waals surface area contributed by atoms with Gasteiger partial charge >= 0.3 is 0 Å². The molecule has 3 heteroatoms. The monoisotopic (exact) mass is 292 g/mol. The molecule has 22 heavy (non-hydrogen) atoms. The normalized spacial score (nSPS) is 14.2. The number of hydrogen-bond acceptors (Lipinski definition) is 2. The van der Waals surface area contributed by atoms with Crippen LogP contribution >= 0.6 is 0 Å². The molecule has 0 saturated carbocycles. The first-order chi connectivity index (χ1) is 10.6. The van der Waals surface area contributed by atoms with Gasteiger partial charge in [0.15, 0.2) is 0 Å².